The molecule has 0 aliphatic carbocycles. The number of alkyl carbamates (subject to hydrolysis) is 2. The number of aliphatic hydroxyl groups is 1. The minimum atomic E-state index is -5.18. The number of hydrogen-bond acceptors (Lipinski definition) is 12. The van der Waals surface area contributed by atoms with Crippen molar-refractivity contribution in [2.24, 2.45) is 10.8 Å². The predicted octanol–water partition coefficient (Wildman–Crippen LogP) is 6.65. The number of benzene rings is 2. The molecule has 2 saturated heterocycles. The lowest BCUT2D eigenvalue weighted by molar-refractivity contribution is -0.221. The number of halogens is 8. The Hall–Kier alpha value is -7.10. The molecule has 6 rings (SSSR count). The molecular weight excluding hydrogens is 1010 g/mol. The number of hydrazine groups is 1. The highest BCUT2D eigenvalue weighted by Crippen LogP contribution is 2.42. The first-order valence-electron chi connectivity index (χ1n) is 23.9. The van der Waals surface area contributed by atoms with E-state index < -0.39 is 108 Å². The van der Waals surface area contributed by atoms with Crippen LogP contribution in [0.4, 0.5) is 50.5 Å². The van der Waals surface area contributed by atoms with E-state index in [1.54, 1.807) is 30.5 Å². The van der Waals surface area contributed by atoms with Crippen molar-refractivity contribution < 1.29 is 68.9 Å². The Balaban J connectivity index is 1.33. The van der Waals surface area contributed by atoms with Crippen LogP contribution < -0.4 is 26.3 Å². The number of carbonyl (C=O) groups excluding carboxylic acids is 4. The number of nitrogens with one attached hydrogen (secondary N) is 4. The number of likely N-dealkylation sites (N-methyl/N-ethyl adjacent to an activating group) is 1. The van der Waals surface area contributed by atoms with E-state index in [0.717, 1.165) is 58.1 Å². The van der Waals surface area contributed by atoms with E-state index in [9.17, 15) is 50.6 Å². The fourth-order valence-electron chi connectivity index (χ4n) is 8.80. The zero-order valence-corrected chi connectivity index (χ0v) is 42.6. The molecule has 76 heavy (non-hydrogen) atoms. The third-order valence-corrected chi connectivity index (χ3v) is 13.9. The lowest BCUT2D eigenvalue weighted by Crippen LogP contribution is -2.63. The molecule has 0 spiro atoms. The average Bonchev–Trinajstić information content (AvgIpc) is 3.54. The molecule has 2 aromatic carbocycles. The molecule has 2 bridgehead atoms. The van der Waals surface area contributed by atoms with Crippen molar-refractivity contribution in [3.8, 4) is 23.1 Å². The first kappa shape index (κ1) is 58.2. The summed E-state index contributed by atoms with van der Waals surface area (Å²) in [6, 6.07) is 10.6. The van der Waals surface area contributed by atoms with E-state index in [4.69, 9.17) is 0 Å². The fraction of sp³-hybridized carbons (Fsp3) is 0.462. The van der Waals surface area contributed by atoms with Crippen LogP contribution in [0.1, 0.15) is 62.8 Å². The number of fused-ring (bicyclic) bond motifs is 2. The van der Waals surface area contributed by atoms with Gasteiger partial charge in [-0.15, -0.1) is 0 Å². The molecule has 0 radical (unpaired) electrons. The minimum Gasteiger partial charge on any atom is -0.453 e. The molecule has 5 N–H and O–H groups in total. The number of hydrogen-bond donors (Lipinski definition) is 5. The third-order valence-electron chi connectivity index (χ3n) is 13.9. The van der Waals surface area contributed by atoms with E-state index >= 15 is 8.78 Å². The maximum absolute atomic E-state index is 16.0. The maximum atomic E-state index is 16.0. The number of nitrogens with zero attached hydrogens (tertiary/aromatic N) is 5. The summed E-state index contributed by atoms with van der Waals surface area (Å²) in [5.74, 6) is 1.32. The molecule has 2 fully saturated rings. The van der Waals surface area contributed by atoms with Crippen molar-refractivity contribution in [1.82, 2.24) is 41.3 Å². The van der Waals surface area contributed by atoms with Crippen LogP contribution >= 0.6 is 0 Å². The molecule has 410 valence electrons. The summed E-state index contributed by atoms with van der Waals surface area (Å²) in [7, 11) is 3.80. The van der Waals surface area contributed by atoms with E-state index in [1.165, 1.54) is 24.4 Å². The fourth-order valence-corrected chi connectivity index (χ4v) is 8.80. The topological polar surface area (TPSA) is 191 Å². The zero-order chi connectivity index (χ0) is 55.9. The Labute approximate surface area is 433 Å². The van der Waals surface area contributed by atoms with Gasteiger partial charge in [0.15, 0.2) is 0 Å². The van der Waals surface area contributed by atoms with Gasteiger partial charge in [0.05, 0.1) is 42.9 Å². The number of aliphatic hydroxyl groups excluding tert-OH is 1. The van der Waals surface area contributed by atoms with Crippen LogP contribution in [-0.4, -0.2) is 139 Å². The number of amides is 4. The Kier molecular flexibility index (Phi) is 18.2. The Morgan fingerprint density at radius 2 is 1.30 bits per heavy atom. The van der Waals surface area contributed by atoms with Crippen LogP contribution in [0.5, 0.6) is 0 Å². The molecule has 3 unspecified atom stereocenters. The summed E-state index contributed by atoms with van der Waals surface area (Å²) in [5, 5.41) is 18.7. The summed E-state index contributed by atoms with van der Waals surface area (Å²) in [6.45, 7) is 2.09. The van der Waals surface area contributed by atoms with Gasteiger partial charge in [-0.3, -0.25) is 24.9 Å². The van der Waals surface area contributed by atoms with Crippen molar-refractivity contribution in [1.29, 1.82) is 0 Å². The van der Waals surface area contributed by atoms with Crippen molar-refractivity contribution in [2.75, 3.05) is 45.8 Å². The number of pyridine rings is 2. The van der Waals surface area contributed by atoms with Crippen molar-refractivity contribution in [3.63, 3.8) is 0 Å². The van der Waals surface area contributed by atoms with Gasteiger partial charge < -0.3 is 35.4 Å². The van der Waals surface area contributed by atoms with Crippen LogP contribution in [0.15, 0.2) is 79.1 Å². The summed E-state index contributed by atoms with van der Waals surface area (Å²) in [6.07, 6.45) is -10.4. The smallest absolute Gasteiger partial charge is 0.407 e. The molecule has 2 aliphatic rings. The second-order valence-corrected chi connectivity index (χ2v) is 19.8. The molecule has 16 nitrogen and oxygen atoms in total. The second kappa shape index (κ2) is 23.8. The van der Waals surface area contributed by atoms with Crippen LogP contribution in [0.25, 0.3) is 11.3 Å². The SMILES string of the molecule is COC(=O)NC(C(=O)N[C@@H](Cc1ccc(C#Cc2ccc(N3CC4CCC(C3)N4C)nc2)cc1)[C@@H](O)CN(Cc1c(F)cc(-c2ccccn2)cc1F)NC(=O)[C@@H](NC(=O)OC)C(C)(C)C(F)(F)F)C(C)(C)C(F)(F)F. The maximum Gasteiger partial charge on any atom is 0.407 e. The molecule has 2 aromatic heterocycles. The molecule has 24 heteroatoms. The van der Waals surface area contributed by atoms with Crippen LogP contribution in [-0.2, 0) is 32.0 Å². The summed E-state index contributed by atoms with van der Waals surface area (Å²) < 4.78 is 128. The Morgan fingerprint density at radius 3 is 1.80 bits per heavy atom. The quantitative estimate of drug-likeness (QED) is 0.0431. The molecule has 4 aromatic rings. The van der Waals surface area contributed by atoms with Crippen molar-refractivity contribution >= 4 is 29.8 Å². The van der Waals surface area contributed by atoms with Gasteiger partial charge in [-0.1, -0.05) is 30.0 Å². The normalized spacial score (nSPS) is 17.6. The van der Waals surface area contributed by atoms with Gasteiger partial charge in [0, 0.05) is 72.9 Å². The van der Waals surface area contributed by atoms with Crippen molar-refractivity contribution in [2.45, 2.75) is 102 Å². The van der Waals surface area contributed by atoms with Gasteiger partial charge in [-0.2, -0.15) is 26.3 Å². The average molecular weight is 1070 g/mol. The number of piperazine rings is 1. The van der Waals surface area contributed by atoms with Gasteiger partial charge in [0.1, 0.15) is 29.5 Å². The second-order valence-electron chi connectivity index (χ2n) is 19.8. The van der Waals surface area contributed by atoms with Crippen LogP contribution in [0, 0.1) is 34.3 Å². The lowest BCUT2D eigenvalue weighted by atomic mass is 9.82. The summed E-state index contributed by atoms with van der Waals surface area (Å²) in [5.41, 5.74) is -3.19. The zero-order valence-electron chi connectivity index (χ0n) is 42.6. The standard InChI is InChI=1S/C52H59F8N9O7/c1-49(2,51(55,56)57)43(64-47(73)75-6)45(71)63-40(22-31-14-11-30(12-15-31)13-16-32-17-20-42(62-25-32)68-26-34-18-19-35(27-68)67(34)5)41(70)29-69(66-46(72)44(65-48(74)76-7)50(3,4)52(58,59)60)28-36-37(53)23-33(24-38(36)54)39-10-8-9-21-61-39/h8-12,14-15,17,20-21,23-25,34-35,40-41,43-44,70H,18-19,22,26-29H2,1-7H3,(H,63,71)(H,64,73)(H,65,74)(H,66,72)/t34?,35?,40-,41-,43?,44+/m0/s1. The molecule has 2 aliphatic heterocycles. The number of anilines is 1. The summed E-state index contributed by atoms with van der Waals surface area (Å²) >= 11 is 0. The monoisotopic (exact) mass is 1070 g/mol. The van der Waals surface area contributed by atoms with Gasteiger partial charge in [-0.25, -0.2) is 28.4 Å². The van der Waals surface area contributed by atoms with Crippen LogP contribution in [0.3, 0.4) is 0 Å². The first-order valence-corrected chi connectivity index (χ1v) is 23.9. The molecule has 4 amide bonds. The summed E-state index contributed by atoms with van der Waals surface area (Å²) in [4.78, 5) is 66.2. The Bertz CT molecular complexity index is 2720. The number of aromatic nitrogens is 2. The van der Waals surface area contributed by atoms with Gasteiger partial charge in [-0.05, 0) is 108 Å². The number of carbonyl (C=O) groups is 4. The Morgan fingerprint density at radius 1 is 0.763 bits per heavy atom. The van der Waals surface area contributed by atoms with Gasteiger partial charge in [0.25, 0.3) is 5.91 Å². The third kappa shape index (κ3) is 13.8. The minimum absolute atomic E-state index is 0.0281. The van der Waals surface area contributed by atoms with Crippen LogP contribution in [0.2, 0.25) is 0 Å². The molecule has 0 saturated carbocycles. The highest BCUT2D eigenvalue weighted by atomic mass is 19.4. The van der Waals surface area contributed by atoms with E-state index in [1.807, 2.05) is 22.8 Å². The van der Waals surface area contributed by atoms with Gasteiger partial charge in [0.2, 0.25) is 5.91 Å². The van der Waals surface area contributed by atoms with E-state index in [-0.39, 0.29) is 11.3 Å². The largest absolute Gasteiger partial charge is 0.453 e. The highest BCUT2D eigenvalue weighted by molar-refractivity contribution is 5.87. The molecular formula is C52H59F8N9O7. The number of alkyl halides is 6. The number of ether oxygens (including phenoxy) is 2. The van der Waals surface area contributed by atoms with Crippen molar-refractivity contribution in [3.05, 3.63) is 113 Å². The lowest BCUT2D eigenvalue weighted by Gasteiger charge is -2.39. The highest BCUT2D eigenvalue weighted by Gasteiger charge is 2.57. The first-order chi connectivity index (χ1) is 35.6. The predicted molar refractivity (Wildman–Crippen MR) is 262 cm³/mol. The molecule has 4 heterocycles. The van der Waals surface area contributed by atoms with E-state index in [0.29, 0.717) is 61.5 Å². The number of rotatable bonds is 17. The number of methoxy groups -OCH3 is 2. The van der Waals surface area contributed by atoms with E-state index in [2.05, 4.69) is 58.9 Å². The van der Waals surface area contributed by atoms with Gasteiger partial charge >= 0.3 is 24.5 Å². The molecule has 6 atom stereocenters.